The van der Waals surface area contributed by atoms with Gasteiger partial charge in [0.25, 0.3) is 0 Å². The molecule has 0 saturated heterocycles. The van der Waals surface area contributed by atoms with E-state index in [9.17, 15) is 4.79 Å². The summed E-state index contributed by atoms with van der Waals surface area (Å²) in [7, 11) is 3.50. The summed E-state index contributed by atoms with van der Waals surface area (Å²) < 4.78 is 5.18. The fourth-order valence-electron chi connectivity index (χ4n) is 1.91. The third kappa shape index (κ3) is 2.68. The van der Waals surface area contributed by atoms with E-state index in [0.29, 0.717) is 13.0 Å². The molecule has 0 fully saturated rings. The number of benzene rings is 2. The van der Waals surface area contributed by atoms with E-state index in [1.54, 1.807) is 7.11 Å². The molecule has 0 atom stereocenters. The van der Waals surface area contributed by atoms with Gasteiger partial charge in [-0.15, -0.1) is 0 Å². The van der Waals surface area contributed by atoms with Crippen LogP contribution in [0.5, 0.6) is 5.75 Å². The first kappa shape index (κ1) is 12.6. The highest BCUT2D eigenvalue weighted by molar-refractivity contribution is 6.00. The number of hydrogen-bond acceptors (Lipinski definition) is 3. The molecule has 0 amide bonds. The molecule has 94 valence electrons. The van der Waals surface area contributed by atoms with Crippen LogP contribution in [0.2, 0.25) is 0 Å². The van der Waals surface area contributed by atoms with Crippen LogP contribution in [0.1, 0.15) is 16.8 Å². The lowest BCUT2D eigenvalue weighted by Crippen LogP contribution is -2.12. The number of rotatable bonds is 5. The monoisotopic (exact) mass is 243 g/mol. The average molecular weight is 243 g/mol. The van der Waals surface area contributed by atoms with Crippen molar-refractivity contribution in [1.82, 2.24) is 5.32 Å². The van der Waals surface area contributed by atoms with Crippen LogP contribution in [0.3, 0.4) is 0 Å². The smallest absolute Gasteiger partial charge is 0.164 e. The number of Topliss-reactive ketones (excluding diaryl/α,β-unsaturated/α-hetero) is 1. The van der Waals surface area contributed by atoms with Crippen LogP contribution in [-0.4, -0.2) is 26.5 Å². The van der Waals surface area contributed by atoms with Gasteiger partial charge in [0.2, 0.25) is 0 Å². The molecule has 3 heteroatoms. The van der Waals surface area contributed by atoms with Crippen molar-refractivity contribution < 1.29 is 9.53 Å². The van der Waals surface area contributed by atoms with Crippen LogP contribution in [0, 0.1) is 0 Å². The Labute approximate surface area is 107 Å². The standard InChI is InChI=1S/C15H17NO2/c1-16-8-7-15(17)13-4-3-12-10-14(18-2)6-5-11(12)9-13/h3-6,9-10,16H,7-8H2,1-2H3. The molecule has 0 heterocycles. The fraction of sp³-hybridized carbons (Fsp3) is 0.267. The highest BCUT2D eigenvalue weighted by Gasteiger charge is 2.06. The van der Waals surface area contributed by atoms with Crippen LogP contribution in [0.15, 0.2) is 36.4 Å². The number of carbonyl (C=O) groups excluding carboxylic acids is 1. The third-order valence-electron chi connectivity index (χ3n) is 2.97. The first-order chi connectivity index (χ1) is 8.74. The van der Waals surface area contributed by atoms with Gasteiger partial charge >= 0.3 is 0 Å². The van der Waals surface area contributed by atoms with Crippen molar-refractivity contribution in [1.29, 1.82) is 0 Å². The molecule has 2 aromatic rings. The minimum Gasteiger partial charge on any atom is -0.497 e. The Kier molecular flexibility index (Phi) is 3.95. The van der Waals surface area contributed by atoms with Crippen molar-refractivity contribution in [3.63, 3.8) is 0 Å². The van der Waals surface area contributed by atoms with E-state index in [1.165, 1.54) is 0 Å². The second-order valence-corrected chi connectivity index (χ2v) is 4.20. The molecule has 0 saturated carbocycles. The zero-order chi connectivity index (χ0) is 13.0. The van der Waals surface area contributed by atoms with Gasteiger partial charge in [-0.05, 0) is 36.0 Å². The molecule has 3 nitrogen and oxygen atoms in total. The highest BCUT2D eigenvalue weighted by Crippen LogP contribution is 2.22. The van der Waals surface area contributed by atoms with Gasteiger partial charge in [-0.25, -0.2) is 0 Å². The number of ketones is 1. The number of fused-ring (bicyclic) bond motifs is 1. The Morgan fingerprint density at radius 2 is 1.89 bits per heavy atom. The molecule has 0 bridgehead atoms. The quantitative estimate of drug-likeness (QED) is 0.820. The normalized spacial score (nSPS) is 10.6. The Morgan fingerprint density at radius 3 is 2.61 bits per heavy atom. The topological polar surface area (TPSA) is 38.3 Å². The Balaban J connectivity index is 2.30. The van der Waals surface area contributed by atoms with Gasteiger partial charge in [0.1, 0.15) is 5.75 Å². The number of carbonyl (C=O) groups is 1. The summed E-state index contributed by atoms with van der Waals surface area (Å²) in [6.45, 7) is 0.708. The number of nitrogens with one attached hydrogen (secondary N) is 1. The molecular formula is C15H17NO2. The largest absolute Gasteiger partial charge is 0.497 e. The summed E-state index contributed by atoms with van der Waals surface area (Å²) in [4.78, 5) is 11.9. The molecule has 2 aromatic carbocycles. The zero-order valence-corrected chi connectivity index (χ0v) is 10.7. The van der Waals surface area contributed by atoms with E-state index >= 15 is 0 Å². The molecule has 0 aromatic heterocycles. The van der Waals surface area contributed by atoms with E-state index in [-0.39, 0.29) is 5.78 Å². The van der Waals surface area contributed by atoms with Crippen LogP contribution in [0.25, 0.3) is 10.8 Å². The van der Waals surface area contributed by atoms with E-state index in [0.717, 1.165) is 22.1 Å². The van der Waals surface area contributed by atoms with Crippen molar-refractivity contribution >= 4 is 16.6 Å². The second kappa shape index (κ2) is 5.65. The van der Waals surface area contributed by atoms with Crippen LogP contribution in [0.4, 0.5) is 0 Å². The van der Waals surface area contributed by atoms with E-state index < -0.39 is 0 Å². The minimum atomic E-state index is 0.169. The van der Waals surface area contributed by atoms with Crippen LogP contribution >= 0.6 is 0 Å². The maximum atomic E-state index is 11.9. The third-order valence-corrected chi connectivity index (χ3v) is 2.97. The summed E-state index contributed by atoms with van der Waals surface area (Å²) in [6.07, 6.45) is 0.526. The van der Waals surface area contributed by atoms with Gasteiger partial charge in [-0.3, -0.25) is 4.79 Å². The summed E-state index contributed by atoms with van der Waals surface area (Å²) in [6, 6.07) is 11.6. The number of ether oxygens (including phenoxy) is 1. The predicted molar refractivity (Wildman–Crippen MR) is 73.4 cm³/mol. The van der Waals surface area contributed by atoms with Gasteiger partial charge in [0.05, 0.1) is 7.11 Å². The number of methoxy groups -OCH3 is 1. The lowest BCUT2D eigenvalue weighted by Gasteiger charge is -2.05. The summed E-state index contributed by atoms with van der Waals surface area (Å²) in [5.41, 5.74) is 0.767. The van der Waals surface area contributed by atoms with E-state index in [2.05, 4.69) is 5.32 Å². The van der Waals surface area contributed by atoms with E-state index in [1.807, 2.05) is 43.4 Å². The van der Waals surface area contributed by atoms with Crippen molar-refractivity contribution in [2.75, 3.05) is 20.7 Å². The van der Waals surface area contributed by atoms with Crippen LogP contribution < -0.4 is 10.1 Å². The highest BCUT2D eigenvalue weighted by atomic mass is 16.5. The lowest BCUT2D eigenvalue weighted by atomic mass is 10.0. The van der Waals surface area contributed by atoms with Gasteiger partial charge in [0.15, 0.2) is 5.78 Å². The van der Waals surface area contributed by atoms with Crippen molar-refractivity contribution in [3.8, 4) is 5.75 Å². The first-order valence-electron chi connectivity index (χ1n) is 6.00. The van der Waals surface area contributed by atoms with Gasteiger partial charge in [-0.2, -0.15) is 0 Å². The predicted octanol–water partition coefficient (Wildman–Crippen LogP) is 2.64. The molecule has 0 aliphatic heterocycles. The Bertz CT molecular complexity index is 563. The summed E-state index contributed by atoms with van der Waals surface area (Å²) in [5.74, 6) is 0.999. The molecule has 0 aliphatic carbocycles. The maximum absolute atomic E-state index is 11.9. The second-order valence-electron chi connectivity index (χ2n) is 4.20. The molecule has 0 aliphatic rings. The molecule has 2 rings (SSSR count). The Morgan fingerprint density at radius 1 is 1.17 bits per heavy atom. The van der Waals surface area contributed by atoms with Crippen molar-refractivity contribution in [2.24, 2.45) is 0 Å². The summed E-state index contributed by atoms with van der Waals surface area (Å²) in [5, 5.41) is 5.13. The van der Waals surface area contributed by atoms with E-state index in [4.69, 9.17) is 4.74 Å². The lowest BCUT2D eigenvalue weighted by molar-refractivity contribution is 0.0983. The summed E-state index contributed by atoms with van der Waals surface area (Å²) >= 11 is 0. The van der Waals surface area contributed by atoms with Gasteiger partial charge in [-0.1, -0.05) is 18.2 Å². The number of hydrogen-bond donors (Lipinski definition) is 1. The first-order valence-corrected chi connectivity index (χ1v) is 6.00. The van der Waals surface area contributed by atoms with Crippen molar-refractivity contribution in [2.45, 2.75) is 6.42 Å². The average Bonchev–Trinajstić information content (AvgIpc) is 2.43. The molecule has 0 radical (unpaired) electrons. The fourth-order valence-corrected chi connectivity index (χ4v) is 1.91. The molecule has 0 spiro atoms. The van der Waals surface area contributed by atoms with Gasteiger partial charge < -0.3 is 10.1 Å². The Hall–Kier alpha value is -1.87. The zero-order valence-electron chi connectivity index (χ0n) is 10.7. The van der Waals surface area contributed by atoms with Crippen LogP contribution in [-0.2, 0) is 0 Å². The van der Waals surface area contributed by atoms with Gasteiger partial charge in [0, 0.05) is 18.5 Å². The molecule has 1 N–H and O–H groups in total. The van der Waals surface area contributed by atoms with Crippen molar-refractivity contribution in [3.05, 3.63) is 42.0 Å². The molecule has 18 heavy (non-hydrogen) atoms. The maximum Gasteiger partial charge on any atom is 0.164 e. The molecular weight excluding hydrogens is 226 g/mol. The molecule has 0 unspecified atom stereocenters. The SMILES string of the molecule is CNCCC(=O)c1ccc2cc(OC)ccc2c1. The minimum absolute atomic E-state index is 0.169.